The number of hydrogen-bond donors (Lipinski definition) is 1. The lowest BCUT2D eigenvalue weighted by molar-refractivity contribution is -0.140. The van der Waals surface area contributed by atoms with Gasteiger partial charge in [-0.2, -0.15) is 0 Å². The summed E-state index contributed by atoms with van der Waals surface area (Å²) in [6, 6.07) is 16.0. The van der Waals surface area contributed by atoms with Gasteiger partial charge in [-0.1, -0.05) is 83.7 Å². The number of amides is 2. The van der Waals surface area contributed by atoms with E-state index in [1.807, 2.05) is 0 Å². The van der Waals surface area contributed by atoms with Gasteiger partial charge in [-0.05, 0) is 48.4 Å². The Kier molecular flexibility index (Phi) is 10.3. The lowest BCUT2D eigenvalue weighted by Gasteiger charge is -2.33. The minimum Gasteiger partial charge on any atom is -0.357 e. The molecule has 0 spiro atoms. The maximum Gasteiger partial charge on any atom is 0.264 e. The molecule has 3 aromatic rings. The molecule has 0 aliphatic rings. The minimum atomic E-state index is -4.27. The molecule has 3 aromatic carbocycles. The normalized spacial score (nSPS) is 12.1. The van der Waals surface area contributed by atoms with Crippen LogP contribution in [0, 0.1) is 0 Å². The first kappa shape index (κ1) is 30.1. The Bertz CT molecular complexity index is 1420. The van der Waals surface area contributed by atoms with Crippen LogP contribution in [0.5, 0.6) is 0 Å². The minimum absolute atomic E-state index is 0.0221. The average molecular weight is 617 g/mol. The van der Waals surface area contributed by atoms with Gasteiger partial charge in [-0.15, -0.1) is 0 Å². The highest BCUT2D eigenvalue weighted by Crippen LogP contribution is 2.35. The zero-order valence-electron chi connectivity index (χ0n) is 20.5. The molecule has 3 rings (SSSR count). The molecule has 0 aromatic heterocycles. The van der Waals surface area contributed by atoms with E-state index < -0.39 is 34.4 Å². The molecule has 2 amide bonds. The molecule has 202 valence electrons. The van der Waals surface area contributed by atoms with Crippen LogP contribution in [0.1, 0.15) is 18.9 Å². The fourth-order valence-corrected chi connectivity index (χ4v) is 6.20. The number of rotatable bonds is 10. The Hall–Kier alpha value is -2.49. The average Bonchev–Trinajstić information content (AvgIpc) is 2.90. The molecule has 0 aliphatic carbocycles. The highest BCUT2D eigenvalue weighted by atomic mass is 35.5. The highest BCUT2D eigenvalue weighted by molar-refractivity contribution is 7.92. The number of sulfonamides is 1. The molecule has 0 fully saturated rings. The number of nitrogens with one attached hydrogen (secondary N) is 1. The largest absolute Gasteiger partial charge is 0.357 e. The third-order valence-electron chi connectivity index (χ3n) is 5.80. The quantitative estimate of drug-likeness (QED) is 0.300. The van der Waals surface area contributed by atoms with Gasteiger partial charge in [-0.25, -0.2) is 8.42 Å². The molecule has 0 heterocycles. The first-order valence-corrected chi connectivity index (χ1v) is 14.4. The molecule has 0 saturated heterocycles. The van der Waals surface area contributed by atoms with Crippen molar-refractivity contribution in [1.82, 2.24) is 10.2 Å². The van der Waals surface area contributed by atoms with Crippen LogP contribution in [0.2, 0.25) is 20.1 Å². The lowest BCUT2D eigenvalue weighted by atomic mass is 10.1. The summed E-state index contributed by atoms with van der Waals surface area (Å²) in [7, 11) is -2.81. The molecule has 1 N–H and O–H groups in total. The summed E-state index contributed by atoms with van der Waals surface area (Å²) in [5, 5.41) is 3.35. The summed E-state index contributed by atoms with van der Waals surface area (Å²) in [6.07, 6.45) is 0.264. The van der Waals surface area contributed by atoms with E-state index in [2.05, 4.69) is 5.32 Å². The second-order valence-electron chi connectivity index (χ2n) is 8.19. The van der Waals surface area contributed by atoms with Gasteiger partial charge < -0.3 is 10.2 Å². The number of likely N-dealkylation sites (N-methyl/N-ethyl adjacent to an activating group) is 1. The Morgan fingerprint density at radius 1 is 0.921 bits per heavy atom. The van der Waals surface area contributed by atoms with Crippen LogP contribution >= 0.6 is 46.4 Å². The fraction of sp³-hybridized carbons (Fsp3) is 0.231. The van der Waals surface area contributed by atoms with Crippen molar-refractivity contribution < 1.29 is 18.0 Å². The fourth-order valence-electron chi connectivity index (χ4n) is 3.84. The van der Waals surface area contributed by atoms with E-state index in [9.17, 15) is 18.0 Å². The molecule has 1 atom stereocenters. The Balaban J connectivity index is 2.11. The number of hydrogen-bond acceptors (Lipinski definition) is 4. The molecule has 0 saturated carbocycles. The lowest BCUT2D eigenvalue weighted by Crippen LogP contribution is -2.51. The second-order valence-corrected chi connectivity index (χ2v) is 11.7. The third kappa shape index (κ3) is 6.74. The van der Waals surface area contributed by atoms with Crippen LogP contribution in [0.4, 0.5) is 5.69 Å². The molecule has 0 radical (unpaired) electrons. The number of carbonyl (C=O) groups is 2. The molecular weight excluding hydrogens is 592 g/mol. The zero-order chi connectivity index (χ0) is 28.0. The van der Waals surface area contributed by atoms with Crippen LogP contribution in [0.15, 0.2) is 71.6 Å². The van der Waals surface area contributed by atoms with Crippen molar-refractivity contribution in [3.63, 3.8) is 0 Å². The van der Waals surface area contributed by atoms with Gasteiger partial charge in [0.15, 0.2) is 0 Å². The Morgan fingerprint density at radius 3 is 2.21 bits per heavy atom. The van der Waals surface area contributed by atoms with Crippen molar-refractivity contribution in [3.05, 3.63) is 92.4 Å². The van der Waals surface area contributed by atoms with Crippen molar-refractivity contribution in [2.75, 3.05) is 17.9 Å². The van der Waals surface area contributed by atoms with Crippen LogP contribution in [0.3, 0.4) is 0 Å². The van der Waals surface area contributed by atoms with Gasteiger partial charge in [0, 0.05) is 23.6 Å². The molecule has 0 unspecified atom stereocenters. The SMILES string of the molecule is CC[C@H](C(=O)NC)N(Cc1ccc(Cl)cc1Cl)C(=O)CN(c1cccc(Cl)c1Cl)S(=O)(=O)c1ccccc1. The van der Waals surface area contributed by atoms with E-state index >= 15 is 0 Å². The van der Waals surface area contributed by atoms with Gasteiger partial charge in [-0.3, -0.25) is 13.9 Å². The van der Waals surface area contributed by atoms with Crippen molar-refractivity contribution in [1.29, 1.82) is 0 Å². The van der Waals surface area contributed by atoms with E-state index in [1.54, 1.807) is 37.3 Å². The summed E-state index contributed by atoms with van der Waals surface area (Å²) in [5.74, 6) is -1.06. The molecule has 12 heteroatoms. The van der Waals surface area contributed by atoms with Crippen LogP contribution < -0.4 is 9.62 Å². The number of anilines is 1. The third-order valence-corrected chi connectivity index (χ3v) is 8.97. The summed E-state index contributed by atoms with van der Waals surface area (Å²) in [5.41, 5.74) is 0.555. The molecule has 0 aliphatic heterocycles. The summed E-state index contributed by atoms with van der Waals surface area (Å²) < 4.78 is 28.4. The summed E-state index contributed by atoms with van der Waals surface area (Å²) in [4.78, 5) is 27.9. The molecule has 0 bridgehead atoms. The second kappa shape index (κ2) is 13.0. The molecule has 7 nitrogen and oxygen atoms in total. The summed E-state index contributed by atoms with van der Waals surface area (Å²) in [6.45, 7) is 1.02. The Morgan fingerprint density at radius 2 is 1.61 bits per heavy atom. The molecular formula is C26H25Cl4N3O4S. The number of carbonyl (C=O) groups excluding carboxylic acids is 2. The van der Waals surface area contributed by atoms with E-state index in [1.165, 1.54) is 48.3 Å². The predicted molar refractivity (Wildman–Crippen MR) is 153 cm³/mol. The maximum absolute atomic E-state index is 13.9. The zero-order valence-corrected chi connectivity index (χ0v) is 24.3. The van der Waals surface area contributed by atoms with Crippen LogP contribution in [0.25, 0.3) is 0 Å². The number of nitrogens with zero attached hydrogens (tertiary/aromatic N) is 2. The van der Waals surface area contributed by atoms with Crippen LogP contribution in [-0.4, -0.2) is 44.8 Å². The van der Waals surface area contributed by atoms with Crippen LogP contribution in [-0.2, 0) is 26.2 Å². The van der Waals surface area contributed by atoms with Crippen molar-refractivity contribution in [3.8, 4) is 0 Å². The van der Waals surface area contributed by atoms with Gasteiger partial charge in [0.05, 0.1) is 20.6 Å². The highest BCUT2D eigenvalue weighted by Gasteiger charge is 2.34. The van der Waals surface area contributed by atoms with Gasteiger partial charge in [0.1, 0.15) is 12.6 Å². The smallest absolute Gasteiger partial charge is 0.264 e. The van der Waals surface area contributed by atoms with Gasteiger partial charge in [0.2, 0.25) is 11.8 Å². The molecule has 38 heavy (non-hydrogen) atoms. The van der Waals surface area contributed by atoms with E-state index in [0.717, 1.165) is 4.31 Å². The van der Waals surface area contributed by atoms with Gasteiger partial charge in [0.25, 0.3) is 10.0 Å². The van der Waals surface area contributed by atoms with E-state index in [4.69, 9.17) is 46.4 Å². The maximum atomic E-state index is 13.9. The van der Waals surface area contributed by atoms with Gasteiger partial charge >= 0.3 is 0 Å². The number of benzene rings is 3. The van der Waals surface area contributed by atoms with Crippen molar-refractivity contribution in [2.45, 2.75) is 30.8 Å². The predicted octanol–water partition coefficient (Wildman–Crippen LogP) is 6.05. The van der Waals surface area contributed by atoms with E-state index in [-0.39, 0.29) is 33.6 Å². The van der Waals surface area contributed by atoms with E-state index in [0.29, 0.717) is 15.6 Å². The first-order valence-electron chi connectivity index (χ1n) is 11.5. The van der Waals surface area contributed by atoms with Crippen molar-refractivity contribution >= 4 is 73.9 Å². The first-order chi connectivity index (χ1) is 18.0. The monoisotopic (exact) mass is 615 g/mol. The number of halogens is 4. The standard InChI is InChI=1S/C26H25Cl4N3O4S/c1-3-22(26(35)31-2)32(15-17-12-13-18(27)14-21(17)29)24(34)16-33(23-11-7-10-20(28)25(23)30)38(36,37)19-8-5-4-6-9-19/h4-14,22H,3,15-16H2,1-2H3,(H,31,35)/t22-/m1/s1. The Labute approximate surface area is 242 Å². The topological polar surface area (TPSA) is 86.8 Å². The van der Waals surface area contributed by atoms with Crippen molar-refractivity contribution in [2.24, 2.45) is 0 Å². The summed E-state index contributed by atoms with van der Waals surface area (Å²) >= 11 is 25.0.